The van der Waals surface area contributed by atoms with Crippen LogP contribution in [-0.2, 0) is 16.6 Å². The van der Waals surface area contributed by atoms with Crippen LogP contribution < -0.4 is 0 Å². The number of rotatable bonds is 12. The Kier molecular flexibility index (Phi) is 8.64. The molecule has 3 nitrogen and oxygen atoms in total. The van der Waals surface area contributed by atoms with Crippen LogP contribution in [0, 0.1) is 6.92 Å². The normalized spacial score (nSPS) is 14.0. The van der Waals surface area contributed by atoms with Crippen LogP contribution in [0.25, 0.3) is 0 Å². The van der Waals surface area contributed by atoms with Crippen molar-refractivity contribution in [2.75, 3.05) is 0 Å². The number of sulfonamides is 1. The van der Waals surface area contributed by atoms with E-state index in [1.54, 1.807) is 30.3 Å². The Morgan fingerprint density at radius 3 is 2.30 bits per heavy atom. The van der Waals surface area contributed by atoms with Crippen molar-refractivity contribution in [3.63, 3.8) is 0 Å². The summed E-state index contributed by atoms with van der Waals surface area (Å²) in [5.41, 5.74) is 2.53. The minimum Gasteiger partial charge on any atom is -0.269 e. The Balaban J connectivity index is 2.52. The fraction of sp³-hybridized carbons (Fsp3) is 0.385. The molecule has 0 heterocycles. The molecule has 0 spiro atoms. The van der Waals surface area contributed by atoms with Crippen molar-refractivity contribution in [1.82, 2.24) is 4.31 Å². The van der Waals surface area contributed by atoms with Gasteiger partial charge in [0, 0.05) is 6.18 Å². The van der Waals surface area contributed by atoms with Crippen LogP contribution in [0.15, 0.2) is 83.4 Å². The maximum absolute atomic E-state index is 13.5. The summed E-state index contributed by atoms with van der Waals surface area (Å²) in [7, 11) is -3.93. The highest BCUT2D eigenvalue weighted by atomic mass is 32.2. The zero-order valence-corrected chi connectivity index (χ0v) is 19.2. The highest BCUT2D eigenvalue weighted by molar-refractivity contribution is 7.89. The zero-order chi connectivity index (χ0) is 23.6. The molecule has 2 aromatic rings. The Bertz CT molecular complexity index is 1010. The van der Waals surface area contributed by atoms with Crippen LogP contribution >= 0.6 is 0 Å². The largest absolute Gasteiger partial charge is 0.269 e. The van der Waals surface area contributed by atoms with Gasteiger partial charge in [-0.15, -0.1) is 0 Å². The van der Waals surface area contributed by atoms with E-state index in [-0.39, 0.29) is 17.6 Å². The van der Waals surface area contributed by atoms with Crippen LogP contribution in [0.4, 0.5) is 0 Å². The second-order valence-corrected chi connectivity index (χ2v) is 9.36. The number of unbranched alkanes of at least 4 members (excludes halogenated alkanes) is 2. The topological polar surface area (TPSA) is 37.4 Å². The predicted molar refractivity (Wildman–Crippen MR) is 127 cm³/mol. The fourth-order valence-electron chi connectivity index (χ4n) is 2.94. The van der Waals surface area contributed by atoms with Gasteiger partial charge in [0.2, 0.25) is 0 Å². The van der Waals surface area contributed by atoms with Gasteiger partial charge < -0.3 is 0 Å². The average Bonchev–Trinajstić information content (AvgIpc) is 2.79. The second-order valence-electron chi connectivity index (χ2n) is 7.49. The van der Waals surface area contributed by atoms with Gasteiger partial charge >= 0.3 is 0 Å². The molecule has 0 aliphatic rings. The van der Waals surface area contributed by atoms with E-state index >= 15 is 0 Å². The molecule has 162 valence electrons. The molecule has 30 heavy (non-hydrogen) atoms. The summed E-state index contributed by atoms with van der Waals surface area (Å²) in [5, 5.41) is 0. The van der Waals surface area contributed by atoms with E-state index in [0.717, 1.165) is 46.7 Å². The van der Waals surface area contributed by atoms with Crippen molar-refractivity contribution in [3.05, 3.63) is 89.6 Å². The summed E-state index contributed by atoms with van der Waals surface area (Å²) in [5.74, 6) is 0. The van der Waals surface area contributed by atoms with Gasteiger partial charge in [-0.2, -0.15) is 0 Å². The quantitative estimate of drug-likeness (QED) is 0.342. The first-order valence-electron chi connectivity index (χ1n) is 11.8. The first-order chi connectivity index (χ1) is 15.3. The number of benzene rings is 2. The summed E-state index contributed by atoms with van der Waals surface area (Å²) in [6.45, 7) is 6.14. The minimum atomic E-state index is -3.93. The third kappa shape index (κ3) is 7.49. The Morgan fingerprint density at radius 1 is 1.00 bits per heavy atom. The molecule has 0 radical (unpaired) electrons. The Morgan fingerprint density at radius 2 is 1.67 bits per heavy atom. The molecule has 0 saturated heterocycles. The van der Waals surface area contributed by atoms with Crippen LogP contribution in [0.2, 0.25) is 0 Å². The third-order valence-electron chi connectivity index (χ3n) is 4.84. The van der Waals surface area contributed by atoms with Gasteiger partial charge in [-0.25, -0.2) is 8.42 Å². The number of allylic oxidation sites excluding steroid dienone is 3. The van der Waals surface area contributed by atoms with Crippen molar-refractivity contribution < 1.29 is 11.2 Å². The van der Waals surface area contributed by atoms with E-state index in [4.69, 9.17) is 2.74 Å². The maximum Gasteiger partial charge on any atom is 0.264 e. The smallest absolute Gasteiger partial charge is 0.264 e. The molecule has 4 heteroatoms. The van der Waals surface area contributed by atoms with Crippen molar-refractivity contribution in [2.24, 2.45) is 0 Å². The first kappa shape index (κ1) is 20.9. The van der Waals surface area contributed by atoms with E-state index < -0.39 is 10.0 Å². The SMILES string of the molecule is [2H]/C(=C\C(CCCC)=C(/[2H])CCCC)N(Cc1ccccc1)S(=O)(=O)c1ccc(C)cc1. The van der Waals surface area contributed by atoms with Gasteiger partial charge in [-0.3, -0.25) is 4.31 Å². The van der Waals surface area contributed by atoms with E-state index in [9.17, 15) is 8.42 Å². The molecule has 0 N–H and O–H groups in total. The lowest BCUT2D eigenvalue weighted by molar-refractivity contribution is 0.495. The molecule has 0 unspecified atom stereocenters. The average molecular weight is 428 g/mol. The Labute approximate surface area is 186 Å². The highest BCUT2D eigenvalue weighted by Crippen LogP contribution is 2.21. The van der Waals surface area contributed by atoms with Gasteiger partial charge in [0.1, 0.15) is 0 Å². The Hall–Kier alpha value is -2.33. The molecule has 0 saturated carbocycles. The zero-order valence-electron chi connectivity index (χ0n) is 20.4. The number of nitrogens with zero attached hydrogens (tertiary/aromatic N) is 1. The lowest BCUT2D eigenvalue weighted by Gasteiger charge is -2.21. The molecule has 0 fully saturated rings. The summed E-state index contributed by atoms with van der Waals surface area (Å²) in [6, 6.07) is 16.5. The number of hydrogen-bond donors (Lipinski definition) is 0. The molecule has 0 aliphatic heterocycles. The van der Waals surface area contributed by atoms with E-state index in [0.29, 0.717) is 18.9 Å². The molecular formula is C26H35NO2S. The fourth-order valence-corrected chi connectivity index (χ4v) is 4.19. The number of hydrogen-bond acceptors (Lipinski definition) is 2. The van der Waals surface area contributed by atoms with E-state index in [1.807, 2.05) is 37.3 Å². The van der Waals surface area contributed by atoms with Gasteiger partial charge in [0.25, 0.3) is 10.0 Å². The van der Waals surface area contributed by atoms with Gasteiger partial charge in [-0.1, -0.05) is 92.8 Å². The lowest BCUT2D eigenvalue weighted by Crippen LogP contribution is -2.25. The molecule has 0 amide bonds. The van der Waals surface area contributed by atoms with Crippen LogP contribution in [0.1, 0.15) is 66.2 Å². The standard InChI is InChI=1S/C26H35NO2S/c1-4-6-9-13-24(12-7-5-2)20-21-27(22-25-14-10-8-11-15-25)30(28,29)26-18-16-23(3)17-19-26/h8,10-11,13-21H,4-7,9,12,22H2,1-3H3/b21-20+,24-13+/i13D,21D. The third-order valence-corrected chi connectivity index (χ3v) is 6.53. The summed E-state index contributed by atoms with van der Waals surface area (Å²) in [6.07, 6.45) is 6.56. The van der Waals surface area contributed by atoms with Crippen molar-refractivity contribution in [3.8, 4) is 0 Å². The highest BCUT2D eigenvalue weighted by Gasteiger charge is 2.21. The van der Waals surface area contributed by atoms with Crippen molar-refractivity contribution >= 4 is 10.0 Å². The second kappa shape index (κ2) is 12.4. The number of aryl methyl sites for hydroxylation is 1. The molecule has 0 atom stereocenters. The monoisotopic (exact) mass is 427 g/mol. The molecule has 2 aromatic carbocycles. The minimum absolute atomic E-state index is 0.0652. The first-order valence-corrected chi connectivity index (χ1v) is 12.2. The molecule has 0 aromatic heterocycles. The van der Waals surface area contributed by atoms with E-state index in [2.05, 4.69) is 13.8 Å². The van der Waals surface area contributed by atoms with Crippen LogP contribution in [-0.4, -0.2) is 12.7 Å². The summed E-state index contributed by atoms with van der Waals surface area (Å²) in [4.78, 5) is 0.161. The molecule has 2 rings (SSSR count). The van der Waals surface area contributed by atoms with Crippen LogP contribution in [0.3, 0.4) is 0 Å². The predicted octanol–water partition coefficient (Wildman–Crippen LogP) is 7.01. The molecule has 0 bridgehead atoms. The molecule has 0 aliphatic carbocycles. The van der Waals surface area contributed by atoms with Crippen LogP contribution in [0.5, 0.6) is 0 Å². The lowest BCUT2D eigenvalue weighted by atomic mass is 10.1. The summed E-state index contributed by atoms with van der Waals surface area (Å²) >= 11 is 0. The molecular weight excluding hydrogens is 390 g/mol. The van der Waals surface area contributed by atoms with Crippen molar-refractivity contribution in [1.29, 1.82) is 0 Å². The maximum atomic E-state index is 13.5. The summed E-state index contributed by atoms with van der Waals surface area (Å²) < 4.78 is 45.4. The van der Waals surface area contributed by atoms with Crippen molar-refractivity contribution in [2.45, 2.75) is 70.7 Å². The van der Waals surface area contributed by atoms with Gasteiger partial charge in [0.05, 0.1) is 14.2 Å². The van der Waals surface area contributed by atoms with Gasteiger partial charge in [0.15, 0.2) is 0 Å². The van der Waals surface area contributed by atoms with Gasteiger partial charge in [-0.05, 0) is 50.0 Å². The van der Waals surface area contributed by atoms with E-state index in [1.165, 1.54) is 0 Å².